The summed E-state index contributed by atoms with van der Waals surface area (Å²) in [5.41, 5.74) is 5.09. The molecule has 0 bridgehead atoms. The maximum absolute atomic E-state index is 13.2. The number of fused-ring (bicyclic) bond motifs is 1. The molecule has 0 aliphatic rings. The molecule has 0 saturated heterocycles. The Kier molecular flexibility index (Phi) is 5.00. The van der Waals surface area contributed by atoms with Gasteiger partial charge in [0.25, 0.3) is 0 Å². The molecule has 4 aromatic rings. The molecule has 1 heterocycles. The number of benzene rings is 3. The first-order valence-electron chi connectivity index (χ1n) is 9.03. The largest absolute Gasteiger partial charge is 0.359 e. The van der Waals surface area contributed by atoms with Gasteiger partial charge in [-0.05, 0) is 42.8 Å². The molecule has 0 aliphatic carbocycles. The number of hydrogen-bond acceptors (Lipinski definition) is 2. The zero-order valence-corrected chi connectivity index (χ0v) is 16.1. The third-order valence-corrected chi connectivity index (χ3v) is 4.80. The predicted molar refractivity (Wildman–Crippen MR) is 117 cm³/mol. The second kappa shape index (κ2) is 7.75. The van der Waals surface area contributed by atoms with Crippen LogP contribution < -0.4 is 5.32 Å². The molecule has 0 atom stereocenters. The zero-order valence-electron chi connectivity index (χ0n) is 15.4. The standard InChI is InChI=1S/C24H19ClN2O/c1-16(26-19-13-11-18(25)12-14-19)15-22(28)23-20-9-5-6-10-21(20)27-24(23)17-7-3-2-4-8-17/h2-15,26-27H,1H3/b16-15+. The third kappa shape index (κ3) is 3.71. The van der Waals surface area contributed by atoms with Crippen LogP contribution in [0.5, 0.6) is 0 Å². The molecule has 1 aromatic heterocycles. The highest BCUT2D eigenvalue weighted by molar-refractivity contribution is 6.30. The monoisotopic (exact) mass is 386 g/mol. The van der Waals surface area contributed by atoms with Crippen molar-refractivity contribution >= 4 is 34.0 Å². The van der Waals surface area contributed by atoms with Gasteiger partial charge in [0.15, 0.2) is 5.78 Å². The number of nitrogens with one attached hydrogen (secondary N) is 2. The van der Waals surface area contributed by atoms with Crippen molar-refractivity contribution in [2.24, 2.45) is 0 Å². The second-order valence-corrected chi connectivity index (χ2v) is 7.05. The van der Waals surface area contributed by atoms with Crippen LogP contribution in [-0.4, -0.2) is 10.8 Å². The molecule has 138 valence electrons. The van der Waals surface area contributed by atoms with Crippen LogP contribution in [0.2, 0.25) is 5.02 Å². The summed E-state index contributed by atoms with van der Waals surface area (Å²) in [6.45, 7) is 1.88. The summed E-state index contributed by atoms with van der Waals surface area (Å²) in [4.78, 5) is 16.6. The van der Waals surface area contributed by atoms with E-state index in [1.165, 1.54) is 0 Å². The summed E-state index contributed by atoms with van der Waals surface area (Å²) in [6.07, 6.45) is 1.64. The average Bonchev–Trinajstić information content (AvgIpc) is 3.10. The quantitative estimate of drug-likeness (QED) is 0.296. The van der Waals surface area contributed by atoms with Crippen LogP contribution in [0.15, 0.2) is 90.6 Å². The van der Waals surface area contributed by atoms with Crippen molar-refractivity contribution in [1.82, 2.24) is 4.98 Å². The van der Waals surface area contributed by atoms with E-state index in [-0.39, 0.29) is 5.78 Å². The van der Waals surface area contributed by atoms with E-state index in [0.717, 1.165) is 33.5 Å². The molecule has 0 radical (unpaired) electrons. The maximum Gasteiger partial charge on any atom is 0.190 e. The van der Waals surface area contributed by atoms with Gasteiger partial charge >= 0.3 is 0 Å². The van der Waals surface area contributed by atoms with Gasteiger partial charge in [0.2, 0.25) is 0 Å². The smallest absolute Gasteiger partial charge is 0.190 e. The molecule has 2 N–H and O–H groups in total. The minimum atomic E-state index is -0.0460. The summed E-state index contributed by atoms with van der Waals surface area (Å²) in [6, 6.07) is 25.2. The number of allylic oxidation sites excluding steroid dienone is 2. The number of anilines is 1. The molecule has 0 unspecified atom stereocenters. The van der Waals surface area contributed by atoms with Gasteiger partial charge in [-0.2, -0.15) is 0 Å². The normalized spacial score (nSPS) is 11.6. The second-order valence-electron chi connectivity index (χ2n) is 6.61. The molecule has 3 aromatic carbocycles. The predicted octanol–water partition coefficient (Wildman–Crippen LogP) is 6.69. The van der Waals surface area contributed by atoms with Gasteiger partial charge in [0.1, 0.15) is 0 Å². The molecular formula is C24H19ClN2O. The summed E-state index contributed by atoms with van der Waals surface area (Å²) in [7, 11) is 0. The first kappa shape index (κ1) is 18.1. The highest BCUT2D eigenvalue weighted by Gasteiger charge is 2.18. The number of para-hydroxylation sites is 1. The van der Waals surface area contributed by atoms with Gasteiger partial charge in [0, 0.05) is 33.4 Å². The van der Waals surface area contributed by atoms with Crippen LogP contribution in [0.25, 0.3) is 22.2 Å². The van der Waals surface area contributed by atoms with E-state index < -0.39 is 0 Å². The number of aromatic amines is 1. The van der Waals surface area contributed by atoms with E-state index in [1.807, 2.05) is 85.8 Å². The van der Waals surface area contributed by atoms with Crippen molar-refractivity contribution in [3.63, 3.8) is 0 Å². The van der Waals surface area contributed by atoms with Crippen molar-refractivity contribution in [2.45, 2.75) is 6.92 Å². The Labute approximate surface area is 168 Å². The van der Waals surface area contributed by atoms with Crippen LogP contribution in [0.1, 0.15) is 17.3 Å². The van der Waals surface area contributed by atoms with Crippen molar-refractivity contribution < 1.29 is 4.79 Å². The van der Waals surface area contributed by atoms with Gasteiger partial charge in [-0.25, -0.2) is 0 Å². The maximum atomic E-state index is 13.2. The first-order chi connectivity index (χ1) is 13.6. The number of ketones is 1. The minimum Gasteiger partial charge on any atom is -0.359 e. The summed E-state index contributed by atoms with van der Waals surface area (Å²) in [5.74, 6) is -0.0460. The summed E-state index contributed by atoms with van der Waals surface area (Å²) in [5, 5.41) is 4.83. The Morgan fingerprint density at radius 2 is 1.61 bits per heavy atom. The lowest BCUT2D eigenvalue weighted by atomic mass is 10.0. The van der Waals surface area contributed by atoms with Crippen LogP contribution in [0.4, 0.5) is 5.69 Å². The Hall–Kier alpha value is -3.30. The average molecular weight is 387 g/mol. The summed E-state index contributed by atoms with van der Waals surface area (Å²) >= 11 is 5.93. The molecule has 3 nitrogen and oxygen atoms in total. The van der Waals surface area contributed by atoms with Gasteiger partial charge in [0.05, 0.1) is 11.3 Å². The molecule has 0 saturated carbocycles. The number of halogens is 1. The lowest BCUT2D eigenvalue weighted by molar-refractivity contribution is 0.104. The Bertz CT molecular complexity index is 1160. The number of carbonyl (C=O) groups excluding carboxylic acids is 1. The number of aromatic nitrogens is 1. The number of rotatable bonds is 5. The lowest BCUT2D eigenvalue weighted by Gasteiger charge is -2.07. The molecule has 0 fully saturated rings. The van der Waals surface area contributed by atoms with Crippen LogP contribution in [-0.2, 0) is 0 Å². The molecule has 0 amide bonds. The fourth-order valence-corrected chi connectivity index (χ4v) is 3.41. The van der Waals surface area contributed by atoms with E-state index >= 15 is 0 Å². The number of carbonyl (C=O) groups is 1. The number of hydrogen-bond donors (Lipinski definition) is 2. The molecule has 4 rings (SSSR count). The zero-order chi connectivity index (χ0) is 19.5. The summed E-state index contributed by atoms with van der Waals surface area (Å²) < 4.78 is 0. The van der Waals surface area contributed by atoms with Crippen LogP contribution in [0.3, 0.4) is 0 Å². The Balaban J connectivity index is 1.73. The number of H-pyrrole nitrogens is 1. The fourth-order valence-electron chi connectivity index (χ4n) is 3.29. The third-order valence-electron chi connectivity index (χ3n) is 4.55. The highest BCUT2D eigenvalue weighted by atomic mass is 35.5. The topological polar surface area (TPSA) is 44.9 Å². The lowest BCUT2D eigenvalue weighted by Crippen LogP contribution is -2.02. The van der Waals surface area contributed by atoms with Crippen LogP contribution in [0, 0.1) is 0 Å². The minimum absolute atomic E-state index is 0.0460. The van der Waals surface area contributed by atoms with Crippen molar-refractivity contribution in [3.8, 4) is 11.3 Å². The Morgan fingerprint density at radius 3 is 2.36 bits per heavy atom. The van der Waals surface area contributed by atoms with E-state index in [2.05, 4.69) is 10.3 Å². The van der Waals surface area contributed by atoms with Crippen molar-refractivity contribution in [1.29, 1.82) is 0 Å². The first-order valence-corrected chi connectivity index (χ1v) is 9.41. The molecule has 4 heteroatoms. The van der Waals surface area contributed by atoms with E-state index in [9.17, 15) is 4.79 Å². The molecule has 0 spiro atoms. The van der Waals surface area contributed by atoms with Crippen molar-refractivity contribution in [3.05, 3.63) is 101 Å². The molecular weight excluding hydrogens is 368 g/mol. The van der Waals surface area contributed by atoms with Crippen LogP contribution >= 0.6 is 11.6 Å². The van der Waals surface area contributed by atoms with E-state index in [4.69, 9.17) is 11.6 Å². The Morgan fingerprint density at radius 1 is 0.929 bits per heavy atom. The van der Waals surface area contributed by atoms with Gasteiger partial charge in [-0.1, -0.05) is 60.1 Å². The molecule has 0 aliphatic heterocycles. The highest BCUT2D eigenvalue weighted by Crippen LogP contribution is 2.31. The SMILES string of the molecule is C/C(=C\C(=O)c1c(-c2ccccc2)[nH]c2ccccc12)Nc1ccc(Cl)cc1. The van der Waals surface area contributed by atoms with Crippen molar-refractivity contribution in [2.75, 3.05) is 5.32 Å². The van der Waals surface area contributed by atoms with Gasteiger partial charge < -0.3 is 10.3 Å². The van der Waals surface area contributed by atoms with E-state index in [0.29, 0.717) is 10.6 Å². The van der Waals surface area contributed by atoms with Gasteiger partial charge in [-0.3, -0.25) is 4.79 Å². The van der Waals surface area contributed by atoms with Gasteiger partial charge in [-0.15, -0.1) is 0 Å². The molecule has 28 heavy (non-hydrogen) atoms. The van der Waals surface area contributed by atoms with E-state index in [1.54, 1.807) is 6.08 Å². The fraction of sp³-hybridized carbons (Fsp3) is 0.0417.